The second-order valence-corrected chi connectivity index (χ2v) is 6.25. The van der Waals surface area contributed by atoms with Gasteiger partial charge in [-0.05, 0) is 19.3 Å². The molecule has 3 N–H and O–H groups in total. The minimum absolute atomic E-state index is 0.232. The van der Waals surface area contributed by atoms with Gasteiger partial charge in [0.25, 0.3) is 0 Å². The van der Waals surface area contributed by atoms with Crippen LogP contribution in [0.15, 0.2) is 0 Å². The van der Waals surface area contributed by atoms with E-state index in [4.69, 9.17) is 10.7 Å². The van der Waals surface area contributed by atoms with Crippen LogP contribution < -0.4 is 11.4 Å². The Labute approximate surface area is 146 Å². The summed E-state index contributed by atoms with van der Waals surface area (Å²) in [5, 5.41) is 0. The highest BCUT2D eigenvalue weighted by Gasteiger charge is 2.05. The number of nitrogens with one attached hydrogen (secondary N) is 1. The van der Waals surface area contributed by atoms with Crippen LogP contribution in [-0.2, 0) is 19.3 Å². The van der Waals surface area contributed by atoms with Crippen molar-refractivity contribution in [1.29, 1.82) is 0 Å². The molecule has 24 heavy (non-hydrogen) atoms. The molecule has 0 bridgehead atoms. The molecule has 0 fully saturated rings. The lowest BCUT2D eigenvalue weighted by atomic mass is 10.1. The first-order chi connectivity index (χ1) is 11.7. The highest BCUT2D eigenvalue weighted by Crippen LogP contribution is 2.10. The molecular weight excluding hydrogens is 308 g/mol. The number of rotatable bonds is 17. The number of unbranched alkanes of at least 4 members (excludes halogenated alkanes) is 10. The third-order valence-corrected chi connectivity index (χ3v) is 3.96. The largest absolute Gasteiger partial charge is 0.373 e. The third kappa shape index (κ3) is 17.2. The van der Waals surface area contributed by atoms with Crippen LogP contribution in [0.2, 0.25) is 0 Å². The van der Waals surface area contributed by atoms with Crippen LogP contribution in [0.1, 0.15) is 96.8 Å². The van der Waals surface area contributed by atoms with E-state index in [0.717, 1.165) is 6.42 Å². The van der Waals surface area contributed by atoms with Crippen molar-refractivity contribution in [2.45, 2.75) is 96.8 Å². The molecule has 6 nitrogen and oxygen atoms in total. The molecule has 6 heteroatoms. The lowest BCUT2D eigenvalue weighted by Gasteiger charge is -2.06. The maximum absolute atomic E-state index is 11.4. The number of hydrogen-bond acceptors (Lipinski definition) is 6. The van der Waals surface area contributed by atoms with E-state index in [1.165, 1.54) is 57.8 Å². The van der Waals surface area contributed by atoms with Gasteiger partial charge in [0.05, 0.1) is 0 Å². The zero-order valence-electron chi connectivity index (χ0n) is 15.3. The van der Waals surface area contributed by atoms with E-state index in [1.807, 2.05) is 0 Å². The third-order valence-electron chi connectivity index (χ3n) is 3.96. The Morgan fingerprint density at radius 1 is 0.750 bits per heavy atom. The summed E-state index contributed by atoms with van der Waals surface area (Å²) in [4.78, 5) is 31.2. The number of hydrogen-bond donors (Lipinski definition) is 2. The standard InChI is InChI=1S/C18H36N2O4/c1-2-3-4-5-6-7-8-9-10-13-16-20-24-18(22)15-12-11-14-17(21)23-19/h20H,2-16,19H2,1H3. The average Bonchev–Trinajstić information content (AvgIpc) is 2.59. The van der Waals surface area contributed by atoms with Crippen LogP contribution >= 0.6 is 0 Å². The van der Waals surface area contributed by atoms with Gasteiger partial charge in [0.2, 0.25) is 0 Å². The van der Waals surface area contributed by atoms with Crippen molar-refractivity contribution in [2.75, 3.05) is 6.54 Å². The smallest absolute Gasteiger partial charge is 0.324 e. The normalized spacial score (nSPS) is 10.6. The number of carbonyl (C=O) groups is 2. The lowest BCUT2D eigenvalue weighted by molar-refractivity contribution is -0.151. The van der Waals surface area contributed by atoms with Gasteiger partial charge in [0, 0.05) is 19.4 Å². The fourth-order valence-electron chi connectivity index (χ4n) is 2.46. The second kappa shape index (κ2) is 18.2. The Kier molecular flexibility index (Phi) is 17.3. The van der Waals surface area contributed by atoms with Crippen LogP contribution in [0.25, 0.3) is 0 Å². The lowest BCUT2D eigenvalue weighted by Crippen LogP contribution is -2.21. The molecule has 0 aromatic carbocycles. The molecule has 142 valence electrons. The van der Waals surface area contributed by atoms with E-state index < -0.39 is 5.97 Å². The van der Waals surface area contributed by atoms with Crippen molar-refractivity contribution in [3.8, 4) is 0 Å². The molecule has 0 spiro atoms. The molecule has 0 aromatic heterocycles. The first-order valence-corrected chi connectivity index (χ1v) is 9.52. The summed E-state index contributed by atoms with van der Waals surface area (Å²) in [6, 6.07) is 0. The van der Waals surface area contributed by atoms with E-state index in [0.29, 0.717) is 25.8 Å². The summed E-state index contributed by atoms with van der Waals surface area (Å²) in [5.41, 5.74) is 2.71. The molecule has 0 radical (unpaired) electrons. The molecule has 0 saturated carbocycles. The number of nitrogens with two attached hydrogens (primary N) is 1. The minimum Gasteiger partial charge on any atom is -0.373 e. The van der Waals surface area contributed by atoms with Gasteiger partial charge in [-0.2, -0.15) is 11.4 Å². The fraction of sp³-hybridized carbons (Fsp3) is 0.889. The fourth-order valence-corrected chi connectivity index (χ4v) is 2.46. The van der Waals surface area contributed by atoms with Crippen molar-refractivity contribution < 1.29 is 19.3 Å². The van der Waals surface area contributed by atoms with Crippen LogP contribution in [0.4, 0.5) is 0 Å². The predicted octanol–water partition coefficient (Wildman–Crippen LogP) is 3.93. The van der Waals surface area contributed by atoms with Gasteiger partial charge in [0.15, 0.2) is 0 Å². The van der Waals surface area contributed by atoms with E-state index in [9.17, 15) is 9.59 Å². The SMILES string of the molecule is CCCCCCCCCCCCNOC(=O)CCCCC(=O)ON. The highest BCUT2D eigenvalue weighted by atomic mass is 16.7. The number of carbonyl (C=O) groups excluding carboxylic acids is 2. The summed E-state index contributed by atoms with van der Waals surface area (Å²) in [6.07, 6.45) is 14.6. The molecule has 0 rings (SSSR count). The van der Waals surface area contributed by atoms with Crippen molar-refractivity contribution in [2.24, 2.45) is 5.90 Å². The van der Waals surface area contributed by atoms with Crippen molar-refractivity contribution in [3.63, 3.8) is 0 Å². The maximum atomic E-state index is 11.4. The molecule has 0 heterocycles. The molecule has 0 aromatic rings. The molecule has 0 unspecified atom stereocenters. The summed E-state index contributed by atoms with van der Waals surface area (Å²) in [7, 11) is 0. The Balaban J connectivity index is 3.18. The molecular formula is C18H36N2O4. The van der Waals surface area contributed by atoms with Crippen LogP contribution in [0.3, 0.4) is 0 Å². The Morgan fingerprint density at radius 2 is 1.25 bits per heavy atom. The zero-order chi connectivity index (χ0) is 17.9. The molecule has 0 aliphatic carbocycles. The Hall–Kier alpha value is -1.14. The van der Waals surface area contributed by atoms with Gasteiger partial charge in [-0.1, -0.05) is 64.7 Å². The molecule has 0 aliphatic heterocycles. The second-order valence-electron chi connectivity index (χ2n) is 6.25. The van der Waals surface area contributed by atoms with Crippen LogP contribution in [0.5, 0.6) is 0 Å². The summed E-state index contributed by atoms with van der Waals surface area (Å²) < 4.78 is 0. The molecule has 0 atom stereocenters. The Morgan fingerprint density at radius 3 is 1.79 bits per heavy atom. The van der Waals surface area contributed by atoms with E-state index in [2.05, 4.69) is 17.2 Å². The van der Waals surface area contributed by atoms with Gasteiger partial charge in [-0.3, -0.25) is 9.59 Å². The van der Waals surface area contributed by atoms with Gasteiger partial charge < -0.3 is 9.68 Å². The van der Waals surface area contributed by atoms with Gasteiger partial charge in [-0.25, -0.2) is 0 Å². The van der Waals surface area contributed by atoms with Gasteiger partial charge in [-0.15, -0.1) is 0 Å². The predicted molar refractivity (Wildman–Crippen MR) is 94.7 cm³/mol. The van der Waals surface area contributed by atoms with Gasteiger partial charge >= 0.3 is 11.9 Å². The monoisotopic (exact) mass is 344 g/mol. The maximum Gasteiger partial charge on any atom is 0.324 e. The van der Waals surface area contributed by atoms with E-state index >= 15 is 0 Å². The number of hydroxylamine groups is 1. The summed E-state index contributed by atoms with van der Waals surface area (Å²) >= 11 is 0. The van der Waals surface area contributed by atoms with E-state index in [-0.39, 0.29) is 12.4 Å². The van der Waals surface area contributed by atoms with Crippen LogP contribution in [-0.4, -0.2) is 18.5 Å². The van der Waals surface area contributed by atoms with E-state index in [1.54, 1.807) is 0 Å². The minimum atomic E-state index is -0.456. The summed E-state index contributed by atoms with van der Waals surface area (Å²) in [5.74, 6) is 3.98. The Bertz CT molecular complexity index is 311. The van der Waals surface area contributed by atoms with Crippen molar-refractivity contribution in [3.05, 3.63) is 0 Å². The summed E-state index contributed by atoms with van der Waals surface area (Å²) in [6.45, 7) is 2.94. The van der Waals surface area contributed by atoms with Crippen molar-refractivity contribution >= 4 is 11.9 Å². The van der Waals surface area contributed by atoms with Crippen molar-refractivity contribution in [1.82, 2.24) is 5.48 Å². The highest BCUT2D eigenvalue weighted by molar-refractivity contribution is 5.70. The molecule has 0 aliphatic rings. The van der Waals surface area contributed by atoms with Crippen LogP contribution in [0, 0.1) is 0 Å². The first-order valence-electron chi connectivity index (χ1n) is 9.52. The molecule has 0 saturated heterocycles. The quantitative estimate of drug-likeness (QED) is 0.307. The van der Waals surface area contributed by atoms with Gasteiger partial charge in [0.1, 0.15) is 0 Å². The average molecular weight is 344 g/mol. The topological polar surface area (TPSA) is 90.6 Å². The molecule has 0 amide bonds. The first kappa shape index (κ1) is 22.9. The zero-order valence-corrected chi connectivity index (χ0v) is 15.3.